The average molecular weight is 378 g/mol. The molecule has 0 unspecified atom stereocenters. The molecule has 0 aromatic heterocycles. The molecular weight excluding hydrogens is 353 g/mol. The van der Waals surface area contributed by atoms with Crippen LogP contribution >= 0.6 is 0 Å². The van der Waals surface area contributed by atoms with E-state index in [1.165, 1.54) is 5.56 Å². The first-order valence-electron chi connectivity index (χ1n) is 8.88. The number of nitrogens with zero attached hydrogens (tertiary/aromatic N) is 1. The van der Waals surface area contributed by atoms with E-state index in [2.05, 4.69) is 19.1 Å². The van der Waals surface area contributed by atoms with Crippen LogP contribution in [0.3, 0.4) is 0 Å². The van der Waals surface area contributed by atoms with Crippen LogP contribution in [0, 0.1) is 6.92 Å². The molecule has 6 heteroatoms. The predicted octanol–water partition coefficient (Wildman–Crippen LogP) is 4.28. The zero-order valence-corrected chi connectivity index (χ0v) is 15.5. The van der Waals surface area contributed by atoms with Crippen LogP contribution < -0.4 is 5.73 Å². The lowest BCUT2D eigenvalue weighted by atomic mass is 9.82. The number of carbonyl (C=O) groups is 1. The topological polar surface area (TPSA) is 46.3 Å². The molecule has 2 aromatic rings. The Labute approximate surface area is 158 Å². The van der Waals surface area contributed by atoms with Crippen molar-refractivity contribution in [1.29, 1.82) is 0 Å². The zero-order chi connectivity index (χ0) is 20.0. The predicted molar refractivity (Wildman–Crippen MR) is 100 cm³/mol. The molecule has 146 valence electrons. The molecule has 0 aliphatic carbocycles. The summed E-state index contributed by atoms with van der Waals surface area (Å²) in [6.07, 6.45) is -4.04. The zero-order valence-electron chi connectivity index (χ0n) is 15.5. The molecule has 2 aromatic carbocycles. The molecule has 1 aliphatic rings. The van der Waals surface area contributed by atoms with Crippen molar-refractivity contribution in [2.24, 2.45) is 5.73 Å². The molecule has 27 heavy (non-hydrogen) atoms. The lowest BCUT2D eigenvalue weighted by Gasteiger charge is -2.42. The standard InChI is InChI=1S/C14H17F3N2O.C7H8/c1-9-11(10-5-3-2-4-6-10)7-12(18)13(20)19(9)8-14(15,16)17;1-7-5-3-2-4-6-7/h2-6,9,11-12H,7-8,18H2,1H3;2-6H,1H3/t9-,11-,12+;/m1./s1. The number of hydrogen-bond acceptors (Lipinski definition) is 2. The van der Waals surface area contributed by atoms with Crippen molar-refractivity contribution in [3.05, 3.63) is 71.8 Å². The highest BCUT2D eigenvalue weighted by Crippen LogP contribution is 2.34. The Balaban J connectivity index is 0.000000313. The Hall–Kier alpha value is -2.34. The molecule has 0 saturated carbocycles. The number of hydrogen-bond donors (Lipinski definition) is 1. The van der Waals surface area contributed by atoms with Gasteiger partial charge in [0.15, 0.2) is 0 Å². The Morgan fingerprint density at radius 1 is 1.04 bits per heavy atom. The fourth-order valence-corrected chi connectivity index (χ4v) is 3.27. The van der Waals surface area contributed by atoms with Gasteiger partial charge < -0.3 is 10.6 Å². The van der Waals surface area contributed by atoms with Crippen molar-refractivity contribution in [3.63, 3.8) is 0 Å². The summed E-state index contributed by atoms with van der Waals surface area (Å²) in [5.41, 5.74) is 7.95. The molecule has 1 saturated heterocycles. The van der Waals surface area contributed by atoms with Gasteiger partial charge in [-0.25, -0.2) is 0 Å². The number of alkyl halides is 3. The first-order valence-corrected chi connectivity index (χ1v) is 8.88. The Kier molecular flexibility index (Phi) is 7.02. The molecule has 1 aliphatic heterocycles. The van der Waals surface area contributed by atoms with Crippen molar-refractivity contribution in [2.45, 2.75) is 44.4 Å². The minimum atomic E-state index is -4.41. The second-order valence-corrected chi connectivity index (χ2v) is 6.84. The van der Waals surface area contributed by atoms with Crippen molar-refractivity contribution in [1.82, 2.24) is 4.90 Å². The smallest absolute Gasteiger partial charge is 0.329 e. The summed E-state index contributed by atoms with van der Waals surface area (Å²) >= 11 is 0. The number of piperidine rings is 1. The number of carbonyl (C=O) groups excluding carboxylic acids is 1. The van der Waals surface area contributed by atoms with Crippen molar-refractivity contribution >= 4 is 5.91 Å². The number of halogens is 3. The second-order valence-electron chi connectivity index (χ2n) is 6.84. The molecule has 2 N–H and O–H groups in total. The molecule has 1 amide bonds. The normalized spacial score (nSPS) is 22.8. The summed E-state index contributed by atoms with van der Waals surface area (Å²) in [5, 5.41) is 0. The van der Waals surface area contributed by atoms with Gasteiger partial charge >= 0.3 is 6.18 Å². The number of nitrogens with two attached hydrogens (primary N) is 1. The fraction of sp³-hybridized carbons (Fsp3) is 0.381. The van der Waals surface area contributed by atoms with Crippen molar-refractivity contribution in [3.8, 4) is 0 Å². The summed E-state index contributed by atoms with van der Waals surface area (Å²) in [6, 6.07) is 18.1. The van der Waals surface area contributed by atoms with Gasteiger partial charge in [0.25, 0.3) is 0 Å². The van der Waals surface area contributed by atoms with Gasteiger partial charge in [-0.2, -0.15) is 13.2 Å². The van der Waals surface area contributed by atoms with Crippen LogP contribution in [0.5, 0.6) is 0 Å². The van der Waals surface area contributed by atoms with E-state index in [0.717, 1.165) is 10.5 Å². The van der Waals surface area contributed by atoms with Crippen LogP contribution in [0.15, 0.2) is 60.7 Å². The molecular formula is C21H25F3N2O. The van der Waals surface area contributed by atoms with Crippen LogP contribution in [0.2, 0.25) is 0 Å². The second kappa shape index (κ2) is 9.04. The lowest BCUT2D eigenvalue weighted by molar-refractivity contribution is -0.170. The molecule has 1 heterocycles. The van der Waals surface area contributed by atoms with Gasteiger partial charge in [-0.1, -0.05) is 66.2 Å². The molecule has 3 atom stereocenters. The van der Waals surface area contributed by atoms with Gasteiger partial charge in [-0.15, -0.1) is 0 Å². The van der Waals surface area contributed by atoms with Crippen molar-refractivity contribution < 1.29 is 18.0 Å². The molecule has 3 rings (SSSR count). The maximum atomic E-state index is 12.6. The van der Waals surface area contributed by atoms with Crippen LogP contribution in [-0.4, -0.2) is 35.6 Å². The van der Waals surface area contributed by atoms with E-state index >= 15 is 0 Å². The fourth-order valence-electron chi connectivity index (χ4n) is 3.27. The highest BCUT2D eigenvalue weighted by molar-refractivity contribution is 5.83. The van der Waals surface area contributed by atoms with Gasteiger partial charge in [-0.05, 0) is 25.8 Å². The summed E-state index contributed by atoms with van der Waals surface area (Å²) in [4.78, 5) is 12.7. The number of amides is 1. The number of benzene rings is 2. The molecule has 0 spiro atoms. The lowest BCUT2D eigenvalue weighted by Crippen LogP contribution is -2.57. The van der Waals surface area contributed by atoms with Gasteiger partial charge in [0, 0.05) is 12.0 Å². The monoisotopic (exact) mass is 378 g/mol. The molecule has 1 fully saturated rings. The van der Waals surface area contributed by atoms with E-state index in [1.807, 2.05) is 48.5 Å². The van der Waals surface area contributed by atoms with Crippen LogP contribution in [-0.2, 0) is 4.79 Å². The van der Waals surface area contributed by atoms with E-state index in [0.29, 0.717) is 6.42 Å². The van der Waals surface area contributed by atoms with Gasteiger partial charge in [0.2, 0.25) is 5.91 Å². The van der Waals surface area contributed by atoms with Gasteiger partial charge in [0.1, 0.15) is 6.54 Å². The van der Waals surface area contributed by atoms with E-state index in [9.17, 15) is 18.0 Å². The van der Waals surface area contributed by atoms with Crippen molar-refractivity contribution in [2.75, 3.05) is 6.54 Å². The quantitative estimate of drug-likeness (QED) is 0.848. The van der Waals surface area contributed by atoms with E-state index in [-0.39, 0.29) is 5.92 Å². The summed E-state index contributed by atoms with van der Waals surface area (Å²) in [6.45, 7) is 2.48. The first-order chi connectivity index (χ1) is 12.7. The van der Waals surface area contributed by atoms with E-state index < -0.39 is 30.7 Å². The molecule has 0 radical (unpaired) electrons. The first kappa shape index (κ1) is 21.0. The number of aryl methyl sites for hydroxylation is 1. The summed E-state index contributed by atoms with van der Waals surface area (Å²) in [5.74, 6) is -0.798. The maximum Gasteiger partial charge on any atom is 0.406 e. The minimum Gasteiger partial charge on any atom is -0.329 e. The molecule has 3 nitrogen and oxygen atoms in total. The largest absolute Gasteiger partial charge is 0.406 e. The third-order valence-corrected chi connectivity index (χ3v) is 4.70. The Morgan fingerprint density at radius 3 is 2.00 bits per heavy atom. The van der Waals surface area contributed by atoms with Crippen LogP contribution in [0.4, 0.5) is 13.2 Å². The van der Waals surface area contributed by atoms with E-state index in [4.69, 9.17) is 5.73 Å². The highest BCUT2D eigenvalue weighted by atomic mass is 19.4. The number of rotatable bonds is 2. The number of likely N-dealkylation sites (tertiary alicyclic amines) is 1. The SMILES string of the molecule is C[C@@H]1[C@H](c2ccccc2)C[C@H](N)C(=O)N1CC(F)(F)F.Cc1ccccc1. The summed E-state index contributed by atoms with van der Waals surface area (Å²) in [7, 11) is 0. The van der Waals surface area contributed by atoms with Crippen LogP contribution in [0.1, 0.15) is 30.4 Å². The molecule has 0 bridgehead atoms. The van der Waals surface area contributed by atoms with E-state index in [1.54, 1.807) is 6.92 Å². The Bertz CT molecular complexity index is 719. The third-order valence-electron chi connectivity index (χ3n) is 4.70. The van der Waals surface area contributed by atoms with Gasteiger partial charge in [0.05, 0.1) is 6.04 Å². The van der Waals surface area contributed by atoms with Crippen LogP contribution in [0.25, 0.3) is 0 Å². The summed E-state index contributed by atoms with van der Waals surface area (Å²) < 4.78 is 37.8. The van der Waals surface area contributed by atoms with Gasteiger partial charge in [-0.3, -0.25) is 4.79 Å². The highest BCUT2D eigenvalue weighted by Gasteiger charge is 2.43. The minimum absolute atomic E-state index is 0.175. The average Bonchev–Trinajstić information content (AvgIpc) is 2.63. The third kappa shape index (κ3) is 6.10. The maximum absolute atomic E-state index is 12.6. The Morgan fingerprint density at radius 2 is 1.56 bits per heavy atom.